The lowest BCUT2D eigenvalue weighted by Gasteiger charge is -2.19. The number of aliphatic hydroxyl groups excluding tert-OH is 1. The first-order valence-electron chi connectivity index (χ1n) is 10.0. The Balaban J connectivity index is 1.48. The number of nitrogens with zero attached hydrogens (tertiary/aromatic N) is 2. The van der Waals surface area contributed by atoms with Crippen molar-refractivity contribution in [1.82, 2.24) is 4.98 Å². The van der Waals surface area contributed by atoms with Gasteiger partial charge in [0.25, 0.3) is 5.19 Å². The van der Waals surface area contributed by atoms with Crippen molar-refractivity contribution in [3.05, 3.63) is 45.2 Å². The number of nitriles is 1. The summed E-state index contributed by atoms with van der Waals surface area (Å²) in [6.45, 7) is 3.48. The van der Waals surface area contributed by atoms with Crippen molar-refractivity contribution in [2.45, 2.75) is 45.1 Å². The molecule has 1 aliphatic carbocycles. The van der Waals surface area contributed by atoms with E-state index in [-0.39, 0.29) is 46.5 Å². The number of alkyl halides is 3. The Labute approximate surface area is 184 Å². The van der Waals surface area contributed by atoms with Crippen molar-refractivity contribution in [3.8, 4) is 17.0 Å². The van der Waals surface area contributed by atoms with Gasteiger partial charge in [0, 0.05) is 0 Å². The second kappa shape index (κ2) is 7.05. The molecule has 2 aromatic rings. The van der Waals surface area contributed by atoms with Gasteiger partial charge in [0.15, 0.2) is 11.5 Å². The number of thiazole rings is 1. The van der Waals surface area contributed by atoms with E-state index in [2.05, 4.69) is 4.98 Å². The first kappa shape index (κ1) is 21.0. The average Bonchev–Trinajstić information content (AvgIpc) is 3.46. The van der Waals surface area contributed by atoms with Crippen LogP contribution in [0.5, 0.6) is 10.9 Å². The molecule has 0 amide bonds. The molecule has 1 aromatic heterocycles. The largest absolute Gasteiger partial charge is 0.511 e. The molecule has 10 heteroatoms. The van der Waals surface area contributed by atoms with E-state index >= 15 is 0 Å². The summed E-state index contributed by atoms with van der Waals surface area (Å²) < 4.78 is 50.5. The molecule has 2 bridgehead atoms. The van der Waals surface area contributed by atoms with Crippen molar-refractivity contribution in [1.29, 1.82) is 5.26 Å². The highest BCUT2D eigenvalue weighted by molar-refractivity contribution is 7.14. The minimum absolute atomic E-state index is 0.0560. The van der Waals surface area contributed by atoms with Crippen LogP contribution in [0.2, 0.25) is 0 Å². The van der Waals surface area contributed by atoms with Crippen LogP contribution < -0.4 is 4.74 Å². The van der Waals surface area contributed by atoms with Gasteiger partial charge in [0.05, 0.1) is 29.6 Å². The Kier molecular flexibility index (Phi) is 4.62. The first-order chi connectivity index (χ1) is 15.1. The fourth-order valence-electron chi connectivity index (χ4n) is 5.16. The molecular weight excluding hydrogens is 445 g/mol. The second-order valence-corrected chi connectivity index (χ2v) is 9.23. The predicted octanol–water partition coefficient (Wildman–Crippen LogP) is 5.09. The molecule has 166 valence electrons. The van der Waals surface area contributed by atoms with E-state index in [0.29, 0.717) is 33.6 Å². The number of aryl methyl sites for hydroxylation is 2. The number of hydrogen-bond acceptors (Lipinski definition) is 7. The molecule has 0 radical (unpaired) electrons. The molecule has 0 spiro atoms. The molecule has 2 fully saturated rings. The van der Waals surface area contributed by atoms with Crippen LogP contribution in [0, 0.1) is 37.0 Å². The topological polar surface area (TPSA) is 92.4 Å². The Morgan fingerprint density at radius 3 is 2.38 bits per heavy atom. The van der Waals surface area contributed by atoms with Gasteiger partial charge >= 0.3 is 6.18 Å². The Bertz CT molecular complexity index is 1200. The lowest BCUT2D eigenvalue weighted by molar-refractivity contribution is -0.141. The van der Waals surface area contributed by atoms with E-state index in [1.165, 1.54) is 6.07 Å². The van der Waals surface area contributed by atoms with E-state index < -0.39 is 16.7 Å². The lowest BCUT2D eigenvalue weighted by Crippen LogP contribution is -2.29. The summed E-state index contributed by atoms with van der Waals surface area (Å²) in [6, 6.07) is 4.65. The summed E-state index contributed by atoms with van der Waals surface area (Å²) in [6.07, 6.45) is -3.44. The summed E-state index contributed by atoms with van der Waals surface area (Å²) in [5, 5.41) is 19.6. The van der Waals surface area contributed by atoms with Gasteiger partial charge in [-0.05, 0) is 55.5 Å². The van der Waals surface area contributed by atoms with Gasteiger partial charge in [0.1, 0.15) is 22.5 Å². The maximum atomic E-state index is 13.2. The Morgan fingerprint density at radius 1 is 1.22 bits per heavy atom. The van der Waals surface area contributed by atoms with Crippen molar-refractivity contribution < 1.29 is 32.5 Å². The number of ketones is 1. The predicted molar refractivity (Wildman–Crippen MR) is 107 cm³/mol. The third-order valence-corrected chi connectivity index (χ3v) is 7.17. The van der Waals surface area contributed by atoms with Crippen LogP contribution in [0.1, 0.15) is 40.1 Å². The molecule has 3 aliphatic rings. The van der Waals surface area contributed by atoms with E-state index in [9.17, 15) is 23.1 Å². The Morgan fingerprint density at radius 2 is 1.84 bits per heavy atom. The number of carbonyl (C=O) groups excluding carboxylic acids is 1. The van der Waals surface area contributed by atoms with E-state index in [0.717, 1.165) is 12.8 Å². The molecule has 32 heavy (non-hydrogen) atoms. The number of allylic oxidation sites excluding steroid dienone is 1. The third kappa shape index (κ3) is 3.03. The van der Waals surface area contributed by atoms with Crippen LogP contribution in [-0.2, 0) is 15.7 Å². The molecule has 6 nitrogen and oxygen atoms in total. The molecule has 5 rings (SSSR count). The number of carbonyl (C=O) groups is 1. The normalized spacial score (nSPS) is 26.6. The van der Waals surface area contributed by atoms with Gasteiger partial charge in [-0.1, -0.05) is 11.3 Å². The summed E-state index contributed by atoms with van der Waals surface area (Å²) in [4.78, 5) is 16.0. The first-order valence-corrected chi connectivity index (χ1v) is 10.8. The molecule has 2 aliphatic heterocycles. The number of hydrogen-bond donors (Lipinski definition) is 1. The average molecular weight is 462 g/mol. The summed E-state index contributed by atoms with van der Waals surface area (Å²) in [5.74, 6) is -0.524. The summed E-state index contributed by atoms with van der Waals surface area (Å²) >= 11 is 0.510. The minimum atomic E-state index is -4.76. The van der Waals surface area contributed by atoms with Gasteiger partial charge in [0.2, 0.25) is 0 Å². The Hall–Kier alpha value is -2.90. The van der Waals surface area contributed by atoms with Crippen molar-refractivity contribution in [3.63, 3.8) is 0 Å². The van der Waals surface area contributed by atoms with Crippen LogP contribution in [0.4, 0.5) is 13.2 Å². The number of fused-ring (bicyclic) bond motifs is 5. The third-order valence-electron chi connectivity index (χ3n) is 6.33. The van der Waals surface area contributed by atoms with Crippen LogP contribution in [0.3, 0.4) is 0 Å². The highest BCUT2D eigenvalue weighted by atomic mass is 32.1. The number of aliphatic hydroxyl groups is 1. The SMILES string of the molecule is Cc1cc(Oc2nc(C(F)(F)F)c(C#N)s2)cc(C)c1C1=C(O)[C@H]2[C@@H](C1=O)[C@@H]1CC[C@H]2O1. The second-order valence-electron chi connectivity index (χ2n) is 8.27. The van der Waals surface area contributed by atoms with Gasteiger partial charge in [-0.2, -0.15) is 23.4 Å². The van der Waals surface area contributed by atoms with Crippen molar-refractivity contribution in [2.75, 3.05) is 0 Å². The smallest absolute Gasteiger partial charge is 0.435 e. The van der Waals surface area contributed by atoms with Gasteiger partial charge in [-0.25, -0.2) is 0 Å². The fraction of sp³-hybridized carbons (Fsp3) is 0.409. The van der Waals surface area contributed by atoms with Crippen molar-refractivity contribution >= 4 is 22.7 Å². The van der Waals surface area contributed by atoms with Gasteiger partial charge < -0.3 is 14.6 Å². The van der Waals surface area contributed by atoms with E-state index in [1.54, 1.807) is 26.0 Å². The molecule has 1 aromatic carbocycles. The fourth-order valence-corrected chi connectivity index (χ4v) is 5.91. The maximum absolute atomic E-state index is 13.2. The van der Waals surface area contributed by atoms with Gasteiger partial charge in [-0.3, -0.25) is 4.79 Å². The van der Waals surface area contributed by atoms with Crippen LogP contribution in [0.15, 0.2) is 17.9 Å². The molecule has 1 N–H and O–H groups in total. The summed E-state index contributed by atoms with van der Waals surface area (Å²) in [5.41, 5.74) is 0.885. The number of rotatable bonds is 3. The molecular formula is C22H17F3N2O4S. The number of halogens is 3. The zero-order valence-corrected chi connectivity index (χ0v) is 17.8. The number of Topliss-reactive ketones (excluding diaryl/α,β-unsaturated/α-hetero) is 1. The maximum Gasteiger partial charge on any atom is 0.435 e. The highest BCUT2D eigenvalue weighted by Crippen LogP contribution is 2.54. The standard InChI is InChI=1S/C22H17F3N2O4S/c1-8-5-10(30-21-27-20(22(23,24)25)13(7-26)32-21)6-9(2)14(8)17-18(28)15-11-3-4-12(31-11)16(15)19(17)29/h5-6,11-12,15-16,28H,3-4H2,1-2H3/t11-,12+,15-,16+/m1/s1. The zero-order chi connectivity index (χ0) is 22.9. The monoisotopic (exact) mass is 462 g/mol. The van der Waals surface area contributed by atoms with E-state index in [4.69, 9.17) is 14.7 Å². The summed E-state index contributed by atoms with van der Waals surface area (Å²) in [7, 11) is 0. The number of ether oxygens (including phenoxy) is 2. The molecule has 4 atom stereocenters. The van der Waals surface area contributed by atoms with Crippen molar-refractivity contribution in [2.24, 2.45) is 11.8 Å². The number of aromatic nitrogens is 1. The quantitative estimate of drug-likeness (QED) is 0.683. The van der Waals surface area contributed by atoms with Crippen LogP contribution >= 0.6 is 11.3 Å². The van der Waals surface area contributed by atoms with Crippen LogP contribution in [0.25, 0.3) is 5.57 Å². The van der Waals surface area contributed by atoms with E-state index in [1.807, 2.05) is 0 Å². The minimum Gasteiger partial charge on any atom is -0.511 e. The molecule has 0 unspecified atom stereocenters. The lowest BCUT2D eigenvalue weighted by atomic mass is 9.80. The zero-order valence-electron chi connectivity index (χ0n) is 17.0. The molecule has 0 saturated carbocycles. The van der Waals surface area contributed by atoms with Crippen LogP contribution in [-0.4, -0.2) is 28.1 Å². The highest BCUT2D eigenvalue weighted by Gasteiger charge is 2.59. The number of benzene rings is 1. The molecule has 2 saturated heterocycles. The van der Waals surface area contributed by atoms with Gasteiger partial charge in [-0.15, -0.1) is 0 Å². The molecule has 3 heterocycles.